The Morgan fingerprint density at radius 1 is 1.25 bits per heavy atom. The molecule has 1 N–H and O–H groups in total. The standard InChI is InChI=1S/C20H22N4O4/c1-27-13-5-12-24-18(16-6-3-4-7-17(16)22-20(24)26)23-19(25)21-14-8-10-15(28-2)11-9-14/h3-4,6-11,16H,5,12-13H2,1-2H3,(H,21,25)/b23-18+. The van der Waals surface area contributed by atoms with Crippen molar-refractivity contribution in [3.63, 3.8) is 0 Å². The van der Waals surface area contributed by atoms with Crippen molar-refractivity contribution in [1.29, 1.82) is 0 Å². The highest BCUT2D eigenvalue weighted by Gasteiger charge is 2.34. The Hall–Kier alpha value is -3.26. The lowest BCUT2D eigenvalue weighted by Gasteiger charge is -2.31. The van der Waals surface area contributed by atoms with Gasteiger partial charge in [0.1, 0.15) is 11.6 Å². The summed E-state index contributed by atoms with van der Waals surface area (Å²) in [5.41, 5.74) is 1.16. The lowest BCUT2D eigenvalue weighted by atomic mass is 9.94. The fourth-order valence-corrected chi connectivity index (χ4v) is 2.93. The van der Waals surface area contributed by atoms with E-state index in [-0.39, 0.29) is 5.92 Å². The fraction of sp³-hybridized carbons (Fsp3) is 0.300. The number of amidine groups is 1. The van der Waals surface area contributed by atoms with Gasteiger partial charge < -0.3 is 14.8 Å². The quantitative estimate of drug-likeness (QED) is 0.764. The topological polar surface area (TPSA) is 92.6 Å². The number of carbonyl (C=O) groups is 2. The second-order valence-electron chi connectivity index (χ2n) is 6.17. The van der Waals surface area contributed by atoms with Crippen LogP contribution in [0, 0.1) is 5.92 Å². The summed E-state index contributed by atoms with van der Waals surface area (Å²) in [5, 5.41) is 2.71. The van der Waals surface area contributed by atoms with Crippen LogP contribution in [0.1, 0.15) is 6.42 Å². The molecule has 1 atom stereocenters. The summed E-state index contributed by atoms with van der Waals surface area (Å²) in [7, 11) is 3.17. The van der Waals surface area contributed by atoms with Gasteiger partial charge in [-0.05, 0) is 36.8 Å². The third-order valence-corrected chi connectivity index (χ3v) is 4.30. The van der Waals surface area contributed by atoms with Crippen LogP contribution in [0.15, 0.2) is 58.6 Å². The van der Waals surface area contributed by atoms with Crippen molar-refractivity contribution in [2.24, 2.45) is 15.9 Å². The van der Waals surface area contributed by atoms with Crippen LogP contribution in [0.25, 0.3) is 0 Å². The number of aliphatic imine (C=N–C) groups is 2. The lowest BCUT2D eigenvalue weighted by Crippen LogP contribution is -2.47. The average Bonchev–Trinajstić information content (AvgIpc) is 2.70. The van der Waals surface area contributed by atoms with Gasteiger partial charge in [0, 0.05) is 25.9 Å². The van der Waals surface area contributed by atoms with Crippen LogP contribution in [-0.4, -0.2) is 55.9 Å². The Labute approximate surface area is 163 Å². The minimum atomic E-state index is -0.561. The molecule has 1 aromatic carbocycles. The molecule has 0 aromatic heterocycles. The van der Waals surface area contributed by atoms with E-state index in [2.05, 4.69) is 15.3 Å². The van der Waals surface area contributed by atoms with Crippen molar-refractivity contribution in [3.8, 4) is 5.75 Å². The third-order valence-electron chi connectivity index (χ3n) is 4.30. The van der Waals surface area contributed by atoms with E-state index < -0.39 is 12.1 Å². The Morgan fingerprint density at radius 3 is 2.75 bits per heavy atom. The zero-order valence-corrected chi connectivity index (χ0v) is 15.8. The molecule has 0 bridgehead atoms. The number of anilines is 1. The number of fused-ring (bicyclic) bond motifs is 1. The maximum absolute atomic E-state index is 12.5. The number of allylic oxidation sites excluding steroid dienone is 3. The molecule has 1 aliphatic carbocycles. The molecule has 8 heteroatoms. The number of amides is 4. The fourth-order valence-electron chi connectivity index (χ4n) is 2.93. The van der Waals surface area contributed by atoms with Gasteiger partial charge in [-0.2, -0.15) is 9.98 Å². The van der Waals surface area contributed by atoms with Crippen LogP contribution in [0.4, 0.5) is 15.3 Å². The monoisotopic (exact) mass is 382 g/mol. The summed E-state index contributed by atoms with van der Waals surface area (Å²) in [6.45, 7) is 0.859. The number of nitrogens with zero attached hydrogens (tertiary/aromatic N) is 3. The maximum atomic E-state index is 12.5. The highest BCUT2D eigenvalue weighted by molar-refractivity contribution is 6.24. The molecule has 0 radical (unpaired) electrons. The first-order valence-corrected chi connectivity index (χ1v) is 8.90. The molecule has 1 aromatic rings. The largest absolute Gasteiger partial charge is 0.497 e. The van der Waals surface area contributed by atoms with Crippen LogP contribution >= 0.6 is 0 Å². The number of rotatable bonds is 6. The molecule has 3 rings (SSSR count). The minimum Gasteiger partial charge on any atom is -0.497 e. The van der Waals surface area contributed by atoms with E-state index in [9.17, 15) is 9.59 Å². The van der Waals surface area contributed by atoms with E-state index in [0.717, 1.165) is 0 Å². The summed E-state index contributed by atoms with van der Waals surface area (Å²) < 4.78 is 10.2. The van der Waals surface area contributed by atoms with Crippen molar-refractivity contribution < 1.29 is 19.1 Å². The first-order valence-electron chi connectivity index (χ1n) is 8.90. The van der Waals surface area contributed by atoms with Crippen molar-refractivity contribution in [2.45, 2.75) is 6.42 Å². The highest BCUT2D eigenvalue weighted by atomic mass is 16.5. The van der Waals surface area contributed by atoms with E-state index in [4.69, 9.17) is 9.47 Å². The Morgan fingerprint density at radius 2 is 2.04 bits per heavy atom. The number of methoxy groups -OCH3 is 2. The molecule has 1 heterocycles. The summed E-state index contributed by atoms with van der Waals surface area (Å²) in [6.07, 6.45) is 7.89. The van der Waals surface area contributed by atoms with Gasteiger partial charge in [-0.25, -0.2) is 9.59 Å². The Balaban J connectivity index is 1.83. The van der Waals surface area contributed by atoms with Crippen LogP contribution in [-0.2, 0) is 4.74 Å². The molecular weight excluding hydrogens is 360 g/mol. The maximum Gasteiger partial charge on any atom is 0.349 e. The molecule has 2 aliphatic rings. The smallest absolute Gasteiger partial charge is 0.349 e. The number of ether oxygens (including phenoxy) is 2. The van der Waals surface area contributed by atoms with Gasteiger partial charge in [0.05, 0.1) is 18.7 Å². The van der Waals surface area contributed by atoms with E-state index in [1.54, 1.807) is 50.6 Å². The molecule has 4 amide bonds. The van der Waals surface area contributed by atoms with E-state index >= 15 is 0 Å². The first-order chi connectivity index (χ1) is 13.6. The zero-order valence-electron chi connectivity index (χ0n) is 15.8. The molecule has 0 spiro atoms. The second-order valence-corrected chi connectivity index (χ2v) is 6.17. The predicted molar refractivity (Wildman–Crippen MR) is 107 cm³/mol. The van der Waals surface area contributed by atoms with Gasteiger partial charge in [-0.3, -0.25) is 4.90 Å². The van der Waals surface area contributed by atoms with E-state index in [1.807, 2.05) is 12.2 Å². The summed E-state index contributed by atoms with van der Waals surface area (Å²) >= 11 is 0. The predicted octanol–water partition coefficient (Wildman–Crippen LogP) is 3.28. The molecule has 0 fully saturated rings. The summed E-state index contributed by atoms with van der Waals surface area (Å²) in [4.78, 5) is 34.8. The van der Waals surface area contributed by atoms with Crippen LogP contribution < -0.4 is 10.1 Å². The average molecular weight is 382 g/mol. The van der Waals surface area contributed by atoms with Gasteiger partial charge >= 0.3 is 12.1 Å². The van der Waals surface area contributed by atoms with Gasteiger partial charge in [0.25, 0.3) is 0 Å². The zero-order chi connectivity index (χ0) is 19.9. The van der Waals surface area contributed by atoms with Crippen LogP contribution in [0.5, 0.6) is 5.75 Å². The number of nitrogens with one attached hydrogen (secondary N) is 1. The second kappa shape index (κ2) is 9.09. The third kappa shape index (κ3) is 4.52. The minimum absolute atomic E-state index is 0.341. The Bertz CT molecular complexity index is 855. The molecule has 146 valence electrons. The number of hydrogen-bond acceptors (Lipinski definition) is 4. The lowest BCUT2D eigenvalue weighted by molar-refractivity contribution is 0.184. The van der Waals surface area contributed by atoms with Gasteiger partial charge in [0.2, 0.25) is 0 Å². The number of carbonyl (C=O) groups excluding carboxylic acids is 2. The molecule has 8 nitrogen and oxygen atoms in total. The molecular formula is C20H22N4O4. The van der Waals surface area contributed by atoms with Crippen molar-refractivity contribution in [1.82, 2.24) is 4.90 Å². The molecule has 1 aliphatic heterocycles. The molecule has 28 heavy (non-hydrogen) atoms. The van der Waals surface area contributed by atoms with Crippen molar-refractivity contribution in [2.75, 3.05) is 32.7 Å². The molecule has 0 saturated carbocycles. The molecule has 0 saturated heterocycles. The normalized spacial score (nSPS) is 19.4. The van der Waals surface area contributed by atoms with Crippen LogP contribution in [0.3, 0.4) is 0 Å². The van der Waals surface area contributed by atoms with Gasteiger partial charge in [-0.15, -0.1) is 0 Å². The number of urea groups is 2. The van der Waals surface area contributed by atoms with E-state index in [1.165, 1.54) is 4.90 Å². The number of hydrogen-bond donors (Lipinski definition) is 1. The summed E-state index contributed by atoms with van der Waals surface area (Å²) in [6, 6.07) is 5.92. The van der Waals surface area contributed by atoms with Crippen LogP contribution in [0.2, 0.25) is 0 Å². The van der Waals surface area contributed by atoms with Gasteiger partial charge in [-0.1, -0.05) is 18.2 Å². The summed E-state index contributed by atoms with van der Waals surface area (Å²) in [5.74, 6) is 0.705. The van der Waals surface area contributed by atoms with Crippen molar-refractivity contribution in [3.05, 3.63) is 48.6 Å². The SMILES string of the molecule is COCCCN1C(=O)N=C2C=CC=CC2/C1=N\C(=O)Nc1ccc(OC)cc1. The highest BCUT2D eigenvalue weighted by Crippen LogP contribution is 2.22. The molecule has 1 unspecified atom stereocenters. The van der Waals surface area contributed by atoms with Gasteiger partial charge in [0.15, 0.2) is 0 Å². The first kappa shape index (κ1) is 19.5. The van der Waals surface area contributed by atoms with E-state index in [0.29, 0.717) is 42.6 Å². The Kier molecular flexibility index (Phi) is 6.33. The number of benzene rings is 1. The van der Waals surface area contributed by atoms with Crippen molar-refractivity contribution >= 4 is 29.3 Å².